The van der Waals surface area contributed by atoms with E-state index >= 15 is 0 Å². The van der Waals surface area contributed by atoms with Crippen LogP contribution in [0.4, 0.5) is 4.79 Å². The van der Waals surface area contributed by atoms with Gasteiger partial charge >= 0.3 is 17.5 Å². The van der Waals surface area contributed by atoms with Crippen LogP contribution >= 0.6 is 0 Å². The fraction of sp³-hybridized carbons (Fsp3) is 0.857. The maximum atomic E-state index is 12.5. The summed E-state index contributed by atoms with van der Waals surface area (Å²) in [7, 11) is 2.81. The van der Waals surface area contributed by atoms with Crippen molar-refractivity contribution in [3.63, 3.8) is 0 Å². The van der Waals surface area contributed by atoms with Gasteiger partial charge in [-0.25, -0.2) is 9.69 Å². The minimum absolute atomic E-state index is 0.0261. The molecule has 3 atom stereocenters. The number of rotatable bonds is 2. The Labute approximate surface area is 129 Å². The summed E-state index contributed by atoms with van der Waals surface area (Å²) in [4.78, 5) is 17.6. The van der Waals surface area contributed by atoms with Crippen molar-refractivity contribution in [1.82, 2.24) is 4.90 Å². The molecule has 22 heavy (non-hydrogen) atoms. The normalized spacial score (nSPS) is 33.4. The van der Waals surface area contributed by atoms with Crippen LogP contribution in [0.3, 0.4) is 0 Å². The fourth-order valence-corrected chi connectivity index (χ4v) is 3.07. The minimum atomic E-state index is -1.52. The Hall–Kier alpha value is -1.40. The molecule has 0 saturated carbocycles. The molecule has 0 unspecified atom stereocenters. The highest BCUT2D eigenvalue weighted by Gasteiger charge is 2.83. The molecule has 1 amide bonds. The number of nitrogens with zero attached hydrogens (tertiary/aromatic N) is 2. The van der Waals surface area contributed by atoms with Crippen LogP contribution in [0.2, 0.25) is 0 Å². The third-order valence-electron chi connectivity index (χ3n) is 4.01. The van der Waals surface area contributed by atoms with Crippen molar-refractivity contribution < 1.29 is 28.8 Å². The number of aliphatic hydroxyl groups is 1. The number of methoxy groups -OCH3 is 2. The first-order valence-corrected chi connectivity index (χ1v) is 7.00. The summed E-state index contributed by atoms with van der Waals surface area (Å²) in [6, 6.07) is 0. The zero-order chi connectivity index (χ0) is 16.8. The van der Waals surface area contributed by atoms with Crippen molar-refractivity contribution in [3.05, 3.63) is 4.85 Å². The average molecular weight is 315 g/mol. The summed E-state index contributed by atoms with van der Waals surface area (Å²) in [5, 5.41) is 10.2. The van der Waals surface area contributed by atoms with Crippen LogP contribution < -0.4 is 0 Å². The first-order chi connectivity index (χ1) is 10.2. The number of β-amino-alcohol motifs (C(OH)–C–C–N with tert-alkyl or cyclic N) is 1. The van der Waals surface area contributed by atoms with E-state index in [4.69, 9.17) is 25.5 Å². The van der Waals surface area contributed by atoms with Crippen molar-refractivity contribution in [3.8, 4) is 6.57 Å². The van der Waals surface area contributed by atoms with Crippen molar-refractivity contribution in [2.45, 2.75) is 50.0 Å². The standard InChI is InChI=1S/C14H23N2O6/c1-12(2,3)22-11(18)16-7-9(17)10-14(16,15-4)13(19-5,20-6)8-21-10/h4,9-10,17H,7-8H2,1-3,5-6H3/q+1/t9-,10-,14+/m1/s1. The van der Waals surface area contributed by atoms with Crippen LogP contribution in [0, 0.1) is 6.57 Å². The van der Waals surface area contributed by atoms with Gasteiger partial charge in [-0.1, -0.05) is 0 Å². The molecule has 0 bridgehead atoms. The monoisotopic (exact) mass is 315 g/mol. The van der Waals surface area contributed by atoms with Gasteiger partial charge in [-0.3, -0.25) is 0 Å². The second-order valence-corrected chi connectivity index (χ2v) is 6.41. The number of fused-ring (bicyclic) bond motifs is 1. The summed E-state index contributed by atoms with van der Waals surface area (Å²) in [5.41, 5.74) is -2.23. The summed E-state index contributed by atoms with van der Waals surface area (Å²) in [5.74, 6) is -1.42. The van der Waals surface area contributed by atoms with E-state index in [0.717, 1.165) is 0 Å². The van der Waals surface area contributed by atoms with Crippen LogP contribution in [0.5, 0.6) is 0 Å². The van der Waals surface area contributed by atoms with Crippen LogP contribution in [0.1, 0.15) is 20.8 Å². The average Bonchev–Trinajstić information content (AvgIpc) is 2.91. The number of hydrogen-bond acceptors (Lipinski definition) is 6. The largest absolute Gasteiger partial charge is 0.444 e. The van der Waals surface area contributed by atoms with E-state index in [-0.39, 0.29) is 13.2 Å². The highest BCUT2D eigenvalue weighted by Crippen LogP contribution is 2.49. The SMILES string of the molecule is C#[N+][C@]12[C@H](OCC1(OC)OC)[C@H](O)CN2C(=O)OC(C)(C)C. The highest BCUT2D eigenvalue weighted by molar-refractivity contribution is 5.71. The molecule has 8 heteroatoms. The Morgan fingerprint density at radius 1 is 1.41 bits per heavy atom. The van der Waals surface area contributed by atoms with Crippen LogP contribution in [-0.4, -0.2) is 72.7 Å². The molecule has 0 aromatic rings. The molecule has 2 aliphatic heterocycles. The van der Waals surface area contributed by atoms with Crippen LogP contribution in [0.15, 0.2) is 0 Å². The van der Waals surface area contributed by atoms with Gasteiger partial charge in [0.2, 0.25) is 0 Å². The summed E-state index contributed by atoms with van der Waals surface area (Å²) >= 11 is 0. The molecular weight excluding hydrogens is 292 g/mol. The number of amides is 1. The molecule has 2 heterocycles. The number of hydrogen-bond donors (Lipinski definition) is 1. The molecule has 2 fully saturated rings. The Morgan fingerprint density at radius 2 is 2.00 bits per heavy atom. The molecule has 1 N–H and O–H groups in total. The van der Waals surface area contributed by atoms with Crippen LogP contribution in [-0.2, 0) is 18.9 Å². The van der Waals surface area contributed by atoms with Gasteiger partial charge in [-0.15, -0.1) is 0 Å². The number of likely N-dealkylation sites (tertiary alicyclic amines) is 1. The first-order valence-electron chi connectivity index (χ1n) is 7.00. The molecule has 0 radical (unpaired) electrons. The molecule has 0 aromatic heterocycles. The summed E-state index contributed by atoms with van der Waals surface area (Å²) < 4.78 is 21.8. The third kappa shape index (κ3) is 2.16. The maximum absolute atomic E-state index is 12.5. The molecule has 0 aromatic carbocycles. The van der Waals surface area contributed by atoms with Gasteiger partial charge in [0.1, 0.15) is 18.3 Å². The summed E-state index contributed by atoms with van der Waals surface area (Å²) in [6.07, 6.45) is -2.51. The van der Waals surface area contributed by atoms with Gasteiger partial charge in [0.05, 0.1) is 6.54 Å². The van der Waals surface area contributed by atoms with Crippen LogP contribution in [0.25, 0.3) is 4.85 Å². The molecule has 2 aliphatic rings. The zero-order valence-electron chi connectivity index (χ0n) is 13.5. The quantitative estimate of drug-likeness (QED) is 0.753. The molecular formula is C14H23N2O6+. The molecule has 2 saturated heterocycles. The number of aliphatic hydroxyl groups excluding tert-OH is 1. The van der Waals surface area contributed by atoms with Gasteiger partial charge in [-0.05, 0) is 25.6 Å². The van der Waals surface area contributed by atoms with Gasteiger partial charge in [0.15, 0.2) is 6.10 Å². The number of ether oxygens (including phenoxy) is 4. The smallest absolute Gasteiger partial charge is 0.444 e. The fourth-order valence-electron chi connectivity index (χ4n) is 3.07. The Bertz CT molecular complexity index is 493. The molecule has 8 nitrogen and oxygen atoms in total. The van der Waals surface area contributed by atoms with Gasteiger partial charge in [0.25, 0.3) is 6.57 Å². The number of carbonyl (C=O) groups is 1. The molecule has 2 rings (SSSR count). The van der Waals surface area contributed by atoms with Gasteiger partial charge < -0.3 is 24.1 Å². The lowest BCUT2D eigenvalue weighted by Gasteiger charge is -2.35. The lowest BCUT2D eigenvalue weighted by Crippen LogP contribution is -2.64. The topological polar surface area (TPSA) is 81.8 Å². The van der Waals surface area contributed by atoms with Crippen molar-refractivity contribution in [2.24, 2.45) is 0 Å². The predicted molar refractivity (Wildman–Crippen MR) is 76.5 cm³/mol. The minimum Gasteiger partial charge on any atom is -0.444 e. The van der Waals surface area contributed by atoms with E-state index in [1.165, 1.54) is 19.1 Å². The predicted octanol–water partition coefficient (Wildman–Crippen LogP) is 0.645. The zero-order valence-corrected chi connectivity index (χ0v) is 13.5. The second-order valence-electron chi connectivity index (χ2n) is 6.41. The van der Waals surface area contributed by atoms with Crippen molar-refractivity contribution in [1.29, 1.82) is 0 Å². The Morgan fingerprint density at radius 3 is 2.45 bits per heavy atom. The highest BCUT2D eigenvalue weighted by atomic mass is 16.7. The van der Waals surface area contributed by atoms with Crippen molar-refractivity contribution >= 4 is 6.09 Å². The third-order valence-corrected chi connectivity index (χ3v) is 4.01. The van der Waals surface area contributed by atoms with E-state index in [1.807, 2.05) is 0 Å². The maximum Gasteiger partial charge on any atom is 0.444 e. The Balaban J connectivity index is 2.47. The van der Waals surface area contributed by atoms with E-state index < -0.39 is 35.4 Å². The van der Waals surface area contributed by atoms with E-state index in [1.54, 1.807) is 20.8 Å². The Kier molecular flexibility index (Phi) is 4.13. The van der Waals surface area contributed by atoms with E-state index in [0.29, 0.717) is 0 Å². The van der Waals surface area contributed by atoms with E-state index in [2.05, 4.69) is 4.85 Å². The van der Waals surface area contributed by atoms with Gasteiger partial charge in [-0.2, -0.15) is 0 Å². The second kappa shape index (κ2) is 5.35. The van der Waals surface area contributed by atoms with Crippen molar-refractivity contribution in [2.75, 3.05) is 27.4 Å². The first kappa shape index (κ1) is 17.0. The number of carbonyl (C=O) groups excluding carboxylic acids is 1. The summed E-state index contributed by atoms with van der Waals surface area (Å²) in [6.45, 7) is 10.8. The van der Waals surface area contributed by atoms with E-state index in [9.17, 15) is 9.90 Å². The molecule has 0 aliphatic carbocycles. The lowest BCUT2D eigenvalue weighted by atomic mass is 9.96. The molecule has 124 valence electrons. The molecule has 0 spiro atoms. The van der Waals surface area contributed by atoms with Gasteiger partial charge in [0, 0.05) is 14.2 Å². The lowest BCUT2D eigenvalue weighted by molar-refractivity contribution is -0.243.